The van der Waals surface area contributed by atoms with Crippen LogP contribution in [0, 0.1) is 11.2 Å². The Morgan fingerprint density at radius 3 is 2.38 bits per heavy atom. The van der Waals surface area contributed by atoms with Gasteiger partial charge in [0.05, 0.1) is 26.7 Å². The largest absolute Gasteiger partial charge is 0.305 e. The molecule has 3 aromatic heterocycles. The second-order valence-corrected chi connectivity index (χ2v) is 13.7. The zero-order valence-corrected chi connectivity index (χ0v) is 24.6. The minimum absolute atomic E-state index is 0.104. The van der Waals surface area contributed by atoms with Crippen LogP contribution in [0.3, 0.4) is 0 Å². The highest BCUT2D eigenvalue weighted by molar-refractivity contribution is 7.98. The highest BCUT2D eigenvalue weighted by atomic mass is 32.2. The van der Waals surface area contributed by atoms with E-state index in [1.807, 2.05) is 29.6 Å². The van der Waals surface area contributed by atoms with Gasteiger partial charge in [-0.15, -0.1) is 22.7 Å². The van der Waals surface area contributed by atoms with Gasteiger partial charge in [-0.1, -0.05) is 30.0 Å². The Balaban J connectivity index is 1.35. The molecule has 0 unspecified atom stereocenters. The van der Waals surface area contributed by atoms with E-state index < -0.39 is 15.8 Å². The predicted molar refractivity (Wildman–Crippen MR) is 162 cm³/mol. The number of aromatic amines is 1. The summed E-state index contributed by atoms with van der Waals surface area (Å²) >= 11 is 4.47. The maximum atomic E-state index is 13.2. The predicted octanol–water partition coefficient (Wildman–Crippen LogP) is 6.87. The quantitative estimate of drug-likeness (QED) is 0.108. The first-order valence-electron chi connectivity index (χ1n) is 11.9. The lowest BCUT2D eigenvalue weighted by Crippen LogP contribution is -2.26. The van der Waals surface area contributed by atoms with Gasteiger partial charge in [0, 0.05) is 28.3 Å². The molecule has 2 N–H and O–H groups in total. The van der Waals surface area contributed by atoms with Crippen molar-refractivity contribution >= 4 is 55.9 Å². The zero-order valence-electron chi connectivity index (χ0n) is 21.3. The number of H-pyrrole nitrogens is 1. The second-order valence-electron chi connectivity index (χ2n) is 8.74. The number of hydrogen-bond acceptors (Lipinski definition) is 8. The number of anilines is 1. The minimum atomic E-state index is -3.83. The summed E-state index contributed by atoms with van der Waals surface area (Å²) < 4.78 is 40.4. The van der Waals surface area contributed by atoms with Crippen molar-refractivity contribution < 1.29 is 12.8 Å². The van der Waals surface area contributed by atoms with E-state index in [1.165, 1.54) is 66.5 Å². The Bertz CT molecular complexity index is 1830. The average molecular weight is 611 g/mol. The minimum Gasteiger partial charge on any atom is -0.305 e. The fourth-order valence-electron chi connectivity index (χ4n) is 3.92. The molecule has 0 aliphatic rings. The molecule has 40 heavy (non-hydrogen) atoms. The van der Waals surface area contributed by atoms with Crippen LogP contribution in [-0.4, -0.2) is 31.1 Å². The lowest BCUT2D eigenvalue weighted by atomic mass is 10.1. The van der Waals surface area contributed by atoms with E-state index in [-0.39, 0.29) is 21.7 Å². The molecule has 7 nitrogen and oxygen atoms in total. The highest BCUT2D eigenvalue weighted by Gasteiger charge is 2.22. The van der Waals surface area contributed by atoms with Gasteiger partial charge in [-0.25, -0.2) is 17.8 Å². The molecule has 0 fully saturated rings. The summed E-state index contributed by atoms with van der Waals surface area (Å²) in [4.78, 5) is 23.5. The first kappa shape index (κ1) is 28.0. The molecule has 0 saturated heterocycles. The second kappa shape index (κ2) is 11.5. The third-order valence-corrected chi connectivity index (χ3v) is 10.9. The molecule has 0 saturated carbocycles. The third-order valence-electron chi connectivity index (χ3n) is 6.02. The van der Waals surface area contributed by atoms with E-state index in [4.69, 9.17) is 10.4 Å². The van der Waals surface area contributed by atoms with Crippen LogP contribution in [-0.2, 0) is 15.8 Å². The Morgan fingerprint density at radius 2 is 1.73 bits per heavy atom. The van der Waals surface area contributed by atoms with Crippen LogP contribution in [0.1, 0.15) is 18.1 Å². The van der Waals surface area contributed by atoms with Gasteiger partial charge in [0.2, 0.25) is 0 Å². The van der Waals surface area contributed by atoms with Crippen LogP contribution in [0.2, 0.25) is 0 Å². The van der Waals surface area contributed by atoms with Crippen molar-refractivity contribution in [1.29, 1.82) is 5.41 Å². The number of thiophene rings is 2. The normalized spacial score (nSPS) is 11.5. The lowest BCUT2D eigenvalue weighted by Gasteiger charge is -2.19. The van der Waals surface area contributed by atoms with Crippen molar-refractivity contribution in [2.45, 2.75) is 22.7 Å². The summed E-state index contributed by atoms with van der Waals surface area (Å²) in [6.45, 7) is 1.57. The van der Waals surface area contributed by atoms with Crippen LogP contribution in [0.5, 0.6) is 0 Å². The number of nitrogens with one attached hydrogen (secondary N) is 2. The molecule has 0 aliphatic heterocycles. The topological polar surface area (TPSA) is 107 Å². The Kier molecular flexibility index (Phi) is 8.04. The Labute approximate surface area is 242 Å². The number of nitrogens with zero attached hydrogens (tertiary/aromatic N) is 2. The van der Waals surface area contributed by atoms with Gasteiger partial charge in [0.15, 0.2) is 5.16 Å². The molecule has 0 spiro atoms. The van der Waals surface area contributed by atoms with Crippen molar-refractivity contribution in [3.8, 4) is 20.3 Å². The van der Waals surface area contributed by atoms with E-state index in [0.29, 0.717) is 22.3 Å². The molecule has 12 heteroatoms. The first-order chi connectivity index (χ1) is 19.1. The van der Waals surface area contributed by atoms with Crippen LogP contribution in [0.25, 0.3) is 20.3 Å². The molecule has 0 atom stereocenters. The number of aromatic nitrogens is 2. The molecule has 0 radical (unpaired) electrons. The average Bonchev–Trinajstić information content (AvgIpc) is 3.64. The van der Waals surface area contributed by atoms with E-state index in [2.05, 4.69) is 4.98 Å². The van der Waals surface area contributed by atoms with Crippen LogP contribution in [0.15, 0.2) is 93.0 Å². The third kappa shape index (κ3) is 5.80. The van der Waals surface area contributed by atoms with Crippen LogP contribution >= 0.6 is 34.4 Å². The Morgan fingerprint density at radius 1 is 1.02 bits per heavy atom. The van der Waals surface area contributed by atoms with Crippen LogP contribution < -0.4 is 9.86 Å². The summed E-state index contributed by atoms with van der Waals surface area (Å²) in [6.07, 6.45) is 0. The first-order valence-corrected chi connectivity index (χ1v) is 16.1. The number of hydrogen-bond donors (Lipinski definition) is 2. The van der Waals surface area contributed by atoms with Gasteiger partial charge in [0.1, 0.15) is 5.82 Å². The Hall–Kier alpha value is -3.58. The van der Waals surface area contributed by atoms with Gasteiger partial charge in [-0.05, 0) is 72.5 Å². The molecule has 0 amide bonds. The maximum absolute atomic E-state index is 13.2. The summed E-state index contributed by atoms with van der Waals surface area (Å²) in [5.74, 6) is -0.00917. The summed E-state index contributed by atoms with van der Waals surface area (Å²) in [6, 6.07) is 19.6. The SMILES string of the molecule is CC(=N)c1c(-c2ccc(-c3cccs3)s2)nc(SCc2ccc(S(=O)(=O)N(C)c3ccc(F)cc3)cc2)[nH]c1=O. The van der Waals surface area contributed by atoms with E-state index >= 15 is 0 Å². The molecule has 0 bridgehead atoms. The molecule has 0 aliphatic carbocycles. The molecule has 5 rings (SSSR count). The smallest absolute Gasteiger partial charge is 0.264 e. The summed E-state index contributed by atoms with van der Waals surface area (Å²) in [5, 5.41) is 10.6. The number of thioether (sulfide) groups is 1. The van der Waals surface area contributed by atoms with Gasteiger partial charge < -0.3 is 10.4 Å². The van der Waals surface area contributed by atoms with Crippen molar-refractivity contribution in [3.63, 3.8) is 0 Å². The molecular weight excluding hydrogens is 588 g/mol. The molecule has 5 aromatic rings. The fraction of sp³-hybridized carbons (Fsp3) is 0.107. The number of rotatable bonds is 9. The summed E-state index contributed by atoms with van der Waals surface area (Å²) in [5.41, 5.74) is 1.65. The molecule has 2 aromatic carbocycles. The number of sulfonamides is 1. The van der Waals surface area contributed by atoms with Crippen LogP contribution in [0.4, 0.5) is 10.1 Å². The van der Waals surface area contributed by atoms with Gasteiger partial charge in [0.25, 0.3) is 15.6 Å². The zero-order chi connectivity index (χ0) is 28.4. The number of halogens is 1. The number of benzene rings is 2. The van der Waals surface area contributed by atoms with Gasteiger partial charge >= 0.3 is 0 Å². The van der Waals surface area contributed by atoms with Crippen molar-refractivity contribution in [2.24, 2.45) is 0 Å². The van der Waals surface area contributed by atoms with E-state index in [9.17, 15) is 17.6 Å². The lowest BCUT2D eigenvalue weighted by molar-refractivity contribution is 0.594. The van der Waals surface area contributed by atoms with Gasteiger partial charge in [-0.2, -0.15) is 0 Å². The van der Waals surface area contributed by atoms with Gasteiger partial charge in [-0.3, -0.25) is 9.10 Å². The maximum Gasteiger partial charge on any atom is 0.264 e. The standard InChI is InChI=1S/C28H23FN4O3S4/c1-17(30)25-26(24-14-13-23(39-24)22-4-3-15-37-22)31-28(32-27(25)34)38-16-18-5-11-21(12-6-18)40(35,36)33(2)20-9-7-19(29)8-10-20/h3-15,30H,16H2,1-2H3,(H,31,32,34). The molecule has 204 valence electrons. The highest BCUT2D eigenvalue weighted by Crippen LogP contribution is 2.37. The fourth-order valence-corrected chi connectivity index (χ4v) is 7.77. The van der Waals surface area contributed by atoms with E-state index in [0.717, 1.165) is 24.5 Å². The molecule has 3 heterocycles. The monoisotopic (exact) mass is 610 g/mol. The van der Waals surface area contributed by atoms with Crippen molar-refractivity contribution in [1.82, 2.24) is 9.97 Å². The van der Waals surface area contributed by atoms with E-state index in [1.54, 1.807) is 30.4 Å². The van der Waals surface area contributed by atoms with Crippen molar-refractivity contribution in [3.05, 3.63) is 105 Å². The van der Waals surface area contributed by atoms with Crippen molar-refractivity contribution in [2.75, 3.05) is 11.4 Å². The molecular formula is C28H23FN4O3S4. The summed E-state index contributed by atoms with van der Waals surface area (Å²) in [7, 11) is -2.41.